The molecule has 0 radical (unpaired) electrons. The summed E-state index contributed by atoms with van der Waals surface area (Å²) in [5.74, 6) is -0.598. The van der Waals surface area contributed by atoms with Gasteiger partial charge in [0.2, 0.25) is 0 Å². The Morgan fingerprint density at radius 2 is 2.41 bits per heavy atom. The van der Waals surface area contributed by atoms with E-state index in [4.69, 9.17) is 17.3 Å². The van der Waals surface area contributed by atoms with E-state index in [9.17, 15) is 14.9 Å². The summed E-state index contributed by atoms with van der Waals surface area (Å²) >= 11 is 5.60. The van der Waals surface area contributed by atoms with Crippen molar-refractivity contribution < 1.29 is 9.72 Å². The zero-order chi connectivity index (χ0) is 13.0. The highest BCUT2D eigenvalue weighted by molar-refractivity contribution is 6.29. The van der Waals surface area contributed by atoms with Gasteiger partial charge >= 0.3 is 0 Å². The van der Waals surface area contributed by atoms with Gasteiger partial charge in [-0.3, -0.25) is 14.9 Å². The van der Waals surface area contributed by atoms with Gasteiger partial charge in [-0.15, -0.1) is 0 Å². The molecule has 0 saturated heterocycles. The Bertz CT molecular complexity index is 452. The fraction of sp³-hybridized carbons (Fsp3) is 0.333. The smallest absolute Gasteiger partial charge is 0.300 e. The molecule has 0 aliphatic rings. The van der Waals surface area contributed by atoms with Crippen LogP contribution in [0.4, 0.5) is 5.69 Å². The normalized spacial score (nSPS) is 11.9. The number of nitro groups is 1. The number of hydrogen-bond acceptors (Lipinski definition) is 5. The number of halogens is 1. The van der Waals surface area contributed by atoms with Gasteiger partial charge < -0.3 is 11.1 Å². The van der Waals surface area contributed by atoms with Crippen LogP contribution >= 0.6 is 11.6 Å². The van der Waals surface area contributed by atoms with Gasteiger partial charge in [0.15, 0.2) is 0 Å². The Morgan fingerprint density at radius 1 is 1.76 bits per heavy atom. The number of rotatable bonds is 4. The quantitative estimate of drug-likeness (QED) is 0.470. The minimum atomic E-state index is -0.689. The maximum Gasteiger partial charge on any atom is 0.300 e. The third-order valence-electron chi connectivity index (χ3n) is 2.02. The minimum absolute atomic E-state index is 0.0150. The topological polar surface area (TPSA) is 111 Å². The monoisotopic (exact) mass is 258 g/mol. The van der Waals surface area contributed by atoms with Crippen LogP contribution in [-0.4, -0.2) is 28.4 Å². The van der Waals surface area contributed by atoms with Gasteiger partial charge in [-0.1, -0.05) is 11.6 Å². The second-order valence-corrected chi connectivity index (χ2v) is 3.78. The van der Waals surface area contributed by atoms with Crippen molar-refractivity contribution in [1.29, 1.82) is 0 Å². The summed E-state index contributed by atoms with van der Waals surface area (Å²) in [6, 6.07) is 0.868. The van der Waals surface area contributed by atoms with Crippen molar-refractivity contribution in [3.05, 3.63) is 33.1 Å². The van der Waals surface area contributed by atoms with Crippen LogP contribution in [0, 0.1) is 10.1 Å². The first-order valence-electron chi connectivity index (χ1n) is 4.76. The van der Waals surface area contributed by atoms with Crippen LogP contribution in [-0.2, 0) is 0 Å². The van der Waals surface area contributed by atoms with E-state index in [0.717, 1.165) is 12.3 Å². The molecule has 0 aliphatic heterocycles. The number of pyridine rings is 1. The molecule has 8 heteroatoms. The highest BCUT2D eigenvalue weighted by Crippen LogP contribution is 2.20. The first-order valence-corrected chi connectivity index (χ1v) is 5.14. The molecule has 0 aromatic carbocycles. The third-order valence-corrected chi connectivity index (χ3v) is 2.23. The van der Waals surface area contributed by atoms with E-state index < -0.39 is 16.5 Å². The Kier molecular flexibility index (Phi) is 4.36. The largest absolute Gasteiger partial charge is 0.348 e. The van der Waals surface area contributed by atoms with Crippen molar-refractivity contribution in [3.8, 4) is 0 Å². The molecule has 0 spiro atoms. The number of carbonyl (C=O) groups excluding carboxylic acids is 1. The summed E-state index contributed by atoms with van der Waals surface area (Å²) in [6.45, 7) is 1.92. The Labute approximate surface area is 102 Å². The van der Waals surface area contributed by atoms with Crippen molar-refractivity contribution >= 4 is 23.2 Å². The maximum atomic E-state index is 11.7. The van der Waals surface area contributed by atoms with Gasteiger partial charge in [-0.2, -0.15) is 0 Å². The number of hydrogen-bond donors (Lipinski definition) is 2. The maximum absolute atomic E-state index is 11.7. The molecule has 0 saturated carbocycles. The molecule has 1 rings (SSSR count). The molecule has 7 nitrogen and oxygen atoms in total. The van der Waals surface area contributed by atoms with Crippen LogP contribution in [0.15, 0.2) is 12.3 Å². The molecule has 3 N–H and O–H groups in total. The lowest BCUT2D eigenvalue weighted by molar-refractivity contribution is -0.385. The lowest BCUT2D eigenvalue weighted by atomic mass is 10.2. The van der Waals surface area contributed by atoms with E-state index >= 15 is 0 Å². The van der Waals surface area contributed by atoms with Crippen LogP contribution in [0.2, 0.25) is 5.15 Å². The summed E-state index contributed by atoms with van der Waals surface area (Å²) in [7, 11) is 0. The molecular weight excluding hydrogens is 248 g/mol. The number of carbonyl (C=O) groups is 1. The summed E-state index contributed by atoms with van der Waals surface area (Å²) in [5, 5.41) is 13.2. The van der Waals surface area contributed by atoms with Gasteiger partial charge in [0.05, 0.1) is 4.92 Å². The number of nitrogens with two attached hydrogens (primary N) is 1. The number of amides is 1. The molecular formula is C9H11ClN4O3. The summed E-state index contributed by atoms with van der Waals surface area (Å²) in [5.41, 5.74) is 4.82. The average Bonchev–Trinajstić information content (AvgIpc) is 2.28. The highest BCUT2D eigenvalue weighted by atomic mass is 35.5. The number of nitrogens with zero attached hydrogens (tertiary/aromatic N) is 2. The van der Waals surface area contributed by atoms with E-state index in [1.165, 1.54) is 0 Å². The van der Waals surface area contributed by atoms with Crippen molar-refractivity contribution in [2.24, 2.45) is 5.73 Å². The molecule has 1 heterocycles. The second-order valence-electron chi connectivity index (χ2n) is 3.39. The van der Waals surface area contributed by atoms with Crippen LogP contribution in [0.5, 0.6) is 0 Å². The highest BCUT2D eigenvalue weighted by Gasteiger charge is 2.22. The summed E-state index contributed by atoms with van der Waals surface area (Å²) < 4.78 is 0. The fourth-order valence-corrected chi connectivity index (χ4v) is 1.27. The molecule has 0 bridgehead atoms. The number of nitrogens with one attached hydrogen (secondary N) is 1. The lowest BCUT2D eigenvalue weighted by Crippen LogP contribution is -2.38. The molecule has 0 fully saturated rings. The Balaban J connectivity index is 3.06. The standard InChI is InChI=1S/C9H11ClN4O3/c1-5(3-11)13-9(15)6-2-8(10)12-4-7(6)14(16)17/h2,4-5H,3,11H2,1H3,(H,13,15)/t5-/m1/s1. The SMILES string of the molecule is C[C@H](CN)NC(=O)c1cc(Cl)ncc1[N+](=O)[O-]. The zero-order valence-electron chi connectivity index (χ0n) is 9.01. The minimum Gasteiger partial charge on any atom is -0.348 e. The van der Waals surface area contributed by atoms with Crippen LogP contribution < -0.4 is 11.1 Å². The van der Waals surface area contributed by atoms with Crippen LogP contribution in [0.1, 0.15) is 17.3 Å². The molecule has 17 heavy (non-hydrogen) atoms. The average molecular weight is 259 g/mol. The Hall–Kier alpha value is -1.73. The first kappa shape index (κ1) is 13.3. The predicted octanol–water partition coefficient (Wildman–Crippen LogP) is 0.720. The van der Waals surface area contributed by atoms with Crippen molar-refractivity contribution in [2.75, 3.05) is 6.54 Å². The predicted molar refractivity (Wildman–Crippen MR) is 61.9 cm³/mol. The van der Waals surface area contributed by atoms with Gasteiger partial charge in [-0.05, 0) is 13.0 Å². The number of aromatic nitrogens is 1. The van der Waals surface area contributed by atoms with Crippen molar-refractivity contribution in [3.63, 3.8) is 0 Å². The third kappa shape index (κ3) is 3.36. The van der Waals surface area contributed by atoms with Crippen molar-refractivity contribution in [2.45, 2.75) is 13.0 Å². The molecule has 92 valence electrons. The van der Waals surface area contributed by atoms with E-state index in [2.05, 4.69) is 10.3 Å². The molecule has 0 unspecified atom stereocenters. The molecule has 1 aromatic heterocycles. The molecule has 1 aromatic rings. The zero-order valence-corrected chi connectivity index (χ0v) is 9.77. The van der Waals surface area contributed by atoms with Crippen LogP contribution in [0.25, 0.3) is 0 Å². The summed E-state index contributed by atoms with van der Waals surface area (Å²) in [4.78, 5) is 25.3. The Morgan fingerprint density at radius 3 is 2.94 bits per heavy atom. The first-order chi connectivity index (χ1) is 7.95. The second kappa shape index (κ2) is 5.55. The van der Waals surface area contributed by atoms with Gasteiger partial charge in [-0.25, -0.2) is 4.98 Å². The van der Waals surface area contributed by atoms with Gasteiger partial charge in [0.25, 0.3) is 11.6 Å². The van der Waals surface area contributed by atoms with E-state index in [1.54, 1.807) is 6.92 Å². The van der Waals surface area contributed by atoms with Gasteiger partial charge in [0, 0.05) is 12.6 Å². The molecule has 1 atom stereocenters. The molecule has 1 amide bonds. The van der Waals surface area contributed by atoms with E-state index in [0.29, 0.717) is 0 Å². The fourth-order valence-electron chi connectivity index (χ4n) is 1.11. The van der Waals surface area contributed by atoms with Crippen LogP contribution in [0.3, 0.4) is 0 Å². The van der Waals surface area contributed by atoms with E-state index in [1.807, 2.05) is 0 Å². The van der Waals surface area contributed by atoms with Crippen molar-refractivity contribution in [1.82, 2.24) is 10.3 Å². The summed E-state index contributed by atoms with van der Waals surface area (Å²) in [6.07, 6.45) is 0.949. The lowest BCUT2D eigenvalue weighted by Gasteiger charge is -2.11. The molecule has 0 aliphatic carbocycles. The van der Waals surface area contributed by atoms with E-state index in [-0.39, 0.29) is 23.3 Å². The van der Waals surface area contributed by atoms with Gasteiger partial charge in [0.1, 0.15) is 16.9 Å².